The predicted octanol–water partition coefficient (Wildman–Crippen LogP) is 1.85. The maximum atomic E-state index is 10.7. The lowest BCUT2D eigenvalue weighted by Crippen LogP contribution is -2.17. The Morgan fingerprint density at radius 1 is 1.67 bits per heavy atom. The van der Waals surface area contributed by atoms with Crippen molar-refractivity contribution in [2.75, 3.05) is 11.5 Å². The molecular weight excluding hydrogens is 172 g/mol. The van der Waals surface area contributed by atoms with Crippen molar-refractivity contribution < 1.29 is 9.90 Å². The van der Waals surface area contributed by atoms with Crippen molar-refractivity contribution >= 4 is 17.7 Å². The normalized spacial score (nSPS) is 46.1. The average Bonchev–Trinajstić information content (AvgIpc) is 2.52. The van der Waals surface area contributed by atoms with Gasteiger partial charge in [0.05, 0.1) is 5.92 Å². The molecule has 1 N–H and O–H groups in total. The molecule has 1 aliphatic heterocycles. The summed E-state index contributed by atoms with van der Waals surface area (Å²) in [4.78, 5) is 10.7. The minimum atomic E-state index is -0.589. The van der Waals surface area contributed by atoms with Gasteiger partial charge in [0.15, 0.2) is 0 Å². The van der Waals surface area contributed by atoms with Gasteiger partial charge in [-0.3, -0.25) is 4.79 Å². The summed E-state index contributed by atoms with van der Waals surface area (Å²) in [7, 11) is 0. The lowest BCUT2D eigenvalue weighted by atomic mass is 9.88. The molecule has 12 heavy (non-hydrogen) atoms. The van der Waals surface area contributed by atoms with E-state index < -0.39 is 5.97 Å². The molecule has 1 aliphatic carbocycles. The average molecular weight is 186 g/mol. The molecule has 3 heteroatoms. The minimum absolute atomic E-state index is 0.0406. The second-order valence-corrected chi connectivity index (χ2v) is 5.31. The molecular formula is C9H14O2S. The van der Waals surface area contributed by atoms with Gasteiger partial charge in [-0.05, 0) is 35.7 Å². The van der Waals surface area contributed by atoms with E-state index in [0.29, 0.717) is 5.92 Å². The summed E-state index contributed by atoms with van der Waals surface area (Å²) in [5.74, 6) is 2.45. The number of aliphatic carboxylic acids is 1. The number of thioether (sulfide) groups is 1. The second kappa shape index (κ2) is 2.66. The second-order valence-electron chi connectivity index (χ2n) is 4.16. The van der Waals surface area contributed by atoms with Crippen LogP contribution in [0.3, 0.4) is 0 Å². The zero-order valence-electron chi connectivity index (χ0n) is 7.25. The Kier molecular flexibility index (Phi) is 1.86. The number of hydrogen-bond acceptors (Lipinski definition) is 2. The first kappa shape index (κ1) is 8.42. The summed E-state index contributed by atoms with van der Waals surface area (Å²) in [5.41, 5.74) is 0.148. The van der Waals surface area contributed by atoms with Gasteiger partial charge in [0.2, 0.25) is 0 Å². The van der Waals surface area contributed by atoms with Gasteiger partial charge in [-0.15, -0.1) is 0 Å². The third kappa shape index (κ3) is 1.15. The van der Waals surface area contributed by atoms with Crippen molar-refractivity contribution in [3.05, 3.63) is 0 Å². The molecule has 1 saturated carbocycles. The van der Waals surface area contributed by atoms with Crippen molar-refractivity contribution in [3.63, 3.8) is 0 Å². The van der Waals surface area contributed by atoms with Crippen LogP contribution in [0.15, 0.2) is 0 Å². The molecule has 2 nitrogen and oxygen atoms in total. The van der Waals surface area contributed by atoms with Crippen LogP contribution in [-0.2, 0) is 4.79 Å². The summed E-state index contributed by atoms with van der Waals surface area (Å²) in [6.45, 7) is 2.14. The molecule has 1 saturated heterocycles. The van der Waals surface area contributed by atoms with Gasteiger partial charge in [0, 0.05) is 0 Å². The maximum Gasteiger partial charge on any atom is 0.307 e. The van der Waals surface area contributed by atoms with Gasteiger partial charge in [0.1, 0.15) is 0 Å². The smallest absolute Gasteiger partial charge is 0.307 e. The van der Waals surface area contributed by atoms with Gasteiger partial charge in [-0.2, -0.15) is 11.8 Å². The van der Waals surface area contributed by atoms with Crippen LogP contribution in [-0.4, -0.2) is 22.6 Å². The highest BCUT2D eigenvalue weighted by Crippen LogP contribution is 2.60. The molecule has 0 radical (unpaired) electrons. The zero-order chi connectivity index (χ0) is 8.77. The van der Waals surface area contributed by atoms with E-state index in [9.17, 15) is 4.79 Å². The van der Waals surface area contributed by atoms with Crippen molar-refractivity contribution in [2.24, 2.45) is 17.3 Å². The maximum absolute atomic E-state index is 10.7. The Morgan fingerprint density at radius 2 is 2.42 bits per heavy atom. The number of carbonyl (C=O) groups is 1. The Labute approximate surface area is 76.7 Å². The van der Waals surface area contributed by atoms with E-state index in [4.69, 9.17) is 5.11 Å². The highest BCUT2D eigenvalue weighted by molar-refractivity contribution is 7.99. The number of carboxylic acid groups (broad SMARTS) is 1. The molecule has 3 atom stereocenters. The Bertz CT molecular complexity index is 211. The summed E-state index contributed by atoms with van der Waals surface area (Å²) in [5, 5.41) is 8.84. The molecule has 2 fully saturated rings. The fraction of sp³-hybridized carbons (Fsp3) is 0.889. The first-order valence-electron chi connectivity index (χ1n) is 4.45. The highest BCUT2D eigenvalue weighted by Gasteiger charge is 2.59. The molecule has 1 heterocycles. The standard InChI is InChI=1S/C9H14O2S/c1-9(4-7(9)8(10)11)6-2-3-12-5-6/h6-7H,2-5H2,1H3,(H,10,11)/t6?,7-,9-/m1/s1. The quantitative estimate of drug-likeness (QED) is 0.715. The van der Waals surface area contributed by atoms with Gasteiger partial charge >= 0.3 is 5.97 Å². The number of hydrogen-bond donors (Lipinski definition) is 1. The monoisotopic (exact) mass is 186 g/mol. The van der Waals surface area contributed by atoms with E-state index in [-0.39, 0.29) is 11.3 Å². The summed E-state index contributed by atoms with van der Waals surface area (Å²) in [6.07, 6.45) is 2.14. The fourth-order valence-corrected chi connectivity index (χ4v) is 3.71. The molecule has 68 valence electrons. The Hall–Kier alpha value is -0.180. The Morgan fingerprint density at radius 3 is 2.83 bits per heavy atom. The largest absolute Gasteiger partial charge is 0.481 e. The fourth-order valence-electron chi connectivity index (χ4n) is 2.26. The third-order valence-corrected chi connectivity index (χ3v) is 4.60. The molecule has 0 bridgehead atoms. The van der Waals surface area contributed by atoms with Crippen molar-refractivity contribution in [1.82, 2.24) is 0 Å². The predicted molar refractivity (Wildman–Crippen MR) is 49.3 cm³/mol. The topological polar surface area (TPSA) is 37.3 Å². The summed E-state index contributed by atoms with van der Waals surface area (Å²) in [6, 6.07) is 0. The third-order valence-electron chi connectivity index (χ3n) is 3.44. The van der Waals surface area contributed by atoms with E-state index >= 15 is 0 Å². The van der Waals surface area contributed by atoms with Crippen molar-refractivity contribution in [2.45, 2.75) is 19.8 Å². The zero-order valence-corrected chi connectivity index (χ0v) is 8.06. The first-order valence-corrected chi connectivity index (χ1v) is 5.60. The van der Waals surface area contributed by atoms with E-state index in [1.165, 1.54) is 17.9 Å². The number of rotatable bonds is 2. The van der Waals surface area contributed by atoms with E-state index in [2.05, 4.69) is 6.92 Å². The van der Waals surface area contributed by atoms with Gasteiger partial charge in [-0.25, -0.2) is 0 Å². The van der Waals surface area contributed by atoms with Crippen LogP contribution in [0.25, 0.3) is 0 Å². The molecule has 0 aromatic rings. The molecule has 2 aliphatic rings. The van der Waals surface area contributed by atoms with Crippen LogP contribution >= 0.6 is 11.8 Å². The van der Waals surface area contributed by atoms with Crippen LogP contribution < -0.4 is 0 Å². The molecule has 0 amide bonds. The van der Waals surface area contributed by atoms with E-state index in [1.54, 1.807) is 0 Å². The molecule has 2 rings (SSSR count). The molecule has 0 spiro atoms. The van der Waals surface area contributed by atoms with Crippen molar-refractivity contribution in [1.29, 1.82) is 0 Å². The van der Waals surface area contributed by atoms with E-state index in [1.807, 2.05) is 11.8 Å². The summed E-state index contributed by atoms with van der Waals surface area (Å²) < 4.78 is 0. The highest BCUT2D eigenvalue weighted by atomic mass is 32.2. The van der Waals surface area contributed by atoms with Crippen LogP contribution in [0.2, 0.25) is 0 Å². The number of carboxylic acids is 1. The van der Waals surface area contributed by atoms with Gasteiger partial charge < -0.3 is 5.11 Å². The van der Waals surface area contributed by atoms with Gasteiger partial charge in [-0.1, -0.05) is 6.92 Å². The van der Waals surface area contributed by atoms with Crippen LogP contribution in [0.5, 0.6) is 0 Å². The lowest BCUT2D eigenvalue weighted by Gasteiger charge is -2.16. The first-order chi connectivity index (χ1) is 5.64. The SMILES string of the molecule is C[C@]1(C2CCSC2)C[C@@H]1C(=O)O. The van der Waals surface area contributed by atoms with Crippen LogP contribution in [0, 0.1) is 17.3 Å². The van der Waals surface area contributed by atoms with Crippen LogP contribution in [0.4, 0.5) is 0 Å². The van der Waals surface area contributed by atoms with E-state index in [0.717, 1.165) is 6.42 Å². The minimum Gasteiger partial charge on any atom is -0.481 e. The molecule has 0 aromatic carbocycles. The molecule has 1 unspecified atom stereocenters. The molecule has 0 aromatic heterocycles. The Balaban J connectivity index is 2.00. The van der Waals surface area contributed by atoms with Crippen molar-refractivity contribution in [3.8, 4) is 0 Å². The van der Waals surface area contributed by atoms with Crippen LogP contribution in [0.1, 0.15) is 19.8 Å². The van der Waals surface area contributed by atoms with Gasteiger partial charge in [0.25, 0.3) is 0 Å². The lowest BCUT2D eigenvalue weighted by molar-refractivity contribution is -0.139. The summed E-state index contributed by atoms with van der Waals surface area (Å²) >= 11 is 1.97.